The van der Waals surface area contributed by atoms with Crippen molar-refractivity contribution >= 4 is 35.1 Å². The van der Waals surface area contributed by atoms with Gasteiger partial charge in [-0.3, -0.25) is 9.36 Å². The molecule has 1 aliphatic rings. The summed E-state index contributed by atoms with van der Waals surface area (Å²) in [5.74, 6) is 0.346. The maximum absolute atomic E-state index is 13.6. The summed E-state index contributed by atoms with van der Waals surface area (Å²) in [7, 11) is 0. The summed E-state index contributed by atoms with van der Waals surface area (Å²) in [6.45, 7) is 6.53. The van der Waals surface area contributed by atoms with Crippen molar-refractivity contribution in [2.75, 3.05) is 19.5 Å². The van der Waals surface area contributed by atoms with Crippen molar-refractivity contribution in [2.45, 2.75) is 38.1 Å². The molecule has 1 aromatic heterocycles. The number of rotatable bonds is 8. The van der Waals surface area contributed by atoms with Crippen molar-refractivity contribution < 1.29 is 14.3 Å². The van der Waals surface area contributed by atoms with Gasteiger partial charge in [-0.2, -0.15) is 0 Å². The maximum Gasteiger partial charge on any atom is 0.338 e. The molecule has 0 unspecified atom stereocenters. The fraction of sp³-hybridized carbons (Fsp3) is 0.296. The number of ether oxygens (including phenoxy) is 2. The minimum absolute atomic E-state index is 0.187. The molecule has 0 saturated carbocycles. The van der Waals surface area contributed by atoms with E-state index < -0.39 is 12.0 Å². The van der Waals surface area contributed by atoms with E-state index in [-0.39, 0.29) is 12.2 Å². The molecule has 0 aliphatic carbocycles. The van der Waals surface area contributed by atoms with Gasteiger partial charge in [-0.25, -0.2) is 9.79 Å². The van der Waals surface area contributed by atoms with Crippen LogP contribution in [0, 0.1) is 0 Å². The zero-order valence-electron chi connectivity index (χ0n) is 20.2. The Morgan fingerprint density at radius 2 is 1.86 bits per heavy atom. The van der Waals surface area contributed by atoms with Crippen LogP contribution in [0.1, 0.15) is 44.4 Å². The average Bonchev–Trinajstić information content (AvgIpc) is 3.17. The highest BCUT2D eigenvalue weighted by molar-refractivity contribution is 7.98. The van der Waals surface area contributed by atoms with Gasteiger partial charge >= 0.3 is 5.97 Å². The van der Waals surface area contributed by atoms with E-state index in [1.807, 2.05) is 60.9 Å². The van der Waals surface area contributed by atoms with Crippen molar-refractivity contribution in [2.24, 2.45) is 4.99 Å². The summed E-state index contributed by atoms with van der Waals surface area (Å²) in [5, 5.41) is 0. The lowest BCUT2D eigenvalue weighted by molar-refractivity contribution is -0.139. The average molecular weight is 509 g/mol. The van der Waals surface area contributed by atoms with E-state index in [4.69, 9.17) is 9.47 Å². The van der Waals surface area contributed by atoms with Gasteiger partial charge in [0.05, 0.1) is 35.1 Å². The maximum atomic E-state index is 13.6. The molecule has 3 aromatic rings. The summed E-state index contributed by atoms with van der Waals surface area (Å²) in [6.07, 6.45) is 4.80. The second-order valence-corrected chi connectivity index (χ2v) is 9.88. The van der Waals surface area contributed by atoms with Crippen LogP contribution in [0.15, 0.2) is 74.5 Å². The topological polar surface area (TPSA) is 69.9 Å². The predicted molar refractivity (Wildman–Crippen MR) is 141 cm³/mol. The zero-order valence-corrected chi connectivity index (χ0v) is 21.9. The van der Waals surface area contributed by atoms with E-state index in [0.29, 0.717) is 27.2 Å². The first-order valence-electron chi connectivity index (χ1n) is 11.5. The fourth-order valence-electron chi connectivity index (χ4n) is 3.92. The SMILES string of the molecule is CCCOc1ccc(/C=c2\sc3n(c2=O)[C@@H](c2ccc(SC)cc2)C(C(=O)OCC)=C(C)N=3)cc1. The molecule has 8 heteroatoms. The minimum Gasteiger partial charge on any atom is -0.494 e. The van der Waals surface area contributed by atoms with Gasteiger partial charge in [0.1, 0.15) is 5.75 Å². The molecule has 0 spiro atoms. The number of nitrogens with zero attached hydrogens (tertiary/aromatic N) is 2. The van der Waals surface area contributed by atoms with Gasteiger partial charge in [-0.15, -0.1) is 11.8 Å². The lowest BCUT2D eigenvalue weighted by atomic mass is 9.96. The van der Waals surface area contributed by atoms with Crippen LogP contribution in [0.3, 0.4) is 0 Å². The second-order valence-electron chi connectivity index (χ2n) is 7.99. The van der Waals surface area contributed by atoms with Crippen molar-refractivity contribution in [3.8, 4) is 5.75 Å². The molecule has 0 N–H and O–H groups in total. The summed E-state index contributed by atoms with van der Waals surface area (Å²) < 4.78 is 13.2. The first-order chi connectivity index (χ1) is 17.0. The molecule has 1 aliphatic heterocycles. The summed E-state index contributed by atoms with van der Waals surface area (Å²) in [5.41, 5.74) is 2.49. The Bertz CT molecular complexity index is 1420. The normalized spacial score (nSPS) is 15.5. The second kappa shape index (κ2) is 11.1. The highest BCUT2D eigenvalue weighted by Gasteiger charge is 2.33. The molecule has 0 radical (unpaired) electrons. The third-order valence-corrected chi connectivity index (χ3v) is 7.33. The van der Waals surface area contributed by atoms with Gasteiger partial charge < -0.3 is 9.47 Å². The van der Waals surface area contributed by atoms with E-state index in [1.165, 1.54) is 11.3 Å². The standard InChI is InChI=1S/C27H28N2O4S2/c1-5-15-33-20-11-7-18(8-12-20)16-22-25(30)29-24(19-9-13-21(34-4)14-10-19)23(26(31)32-6-2)17(3)28-27(29)35-22/h7-14,16,24H,5-6,15H2,1-4H3/b22-16-/t24-/m0/s1. The van der Waals surface area contributed by atoms with E-state index in [2.05, 4.69) is 11.9 Å². The molecular formula is C27H28N2O4S2. The molecule has 0 amide bonds. The van der Waals surface area contributed by atoms with Crippen molar-refractivity contribution in [3.63, 3.8) is 0 Å². The lowest BCUT2D eigenvalue weighted by Gasteiger charge is -2.24. The number of esters is 1. The molecule has 4 rings (SSSR count). The highest BCUT2D eigenvalue weighted by atomic mass is 32.2. The number of carbonyl (C=O) groups excluding carboxylic acids is 1. The van der Waals surface area contributed by atoms with Gasteiger partial charge in [0.2, 0.25) is 0 Å². The molecular weight excluding hydrogens is 480 g/mol. The number of carbonyl (C=O) groups is 1. The third-order valence-electron chi connectivity index (χ3n) is 5.60. The van der Waals surface area contributed by atoms with Crippen LogP contribution in [0.2, 0.25) is 0 Å². The number of thioether (sulfide) groups is 1. The molecule has 6 nitrogen and oxygen atoms in total. The number of benzene rings is 2. The van der Waals surface area contributed by atoms with Crippen LogP contribution in [-0.2, 0) is 9.53 Å². The van der Waals surface area contributed by atoms with E-state index in [1.54, 1.807) is 30.2 Å². The van der Waals surface area contributed by atoms with Gasteiger partial charge in [0.25, 0.3) is 5.56 Å². The third kappa shape index (κ3) is 5.28. The van der Waals surface area contributed by atoms with Crippen molar-refractivity contribution in [1.82, 2.24) is 4.57 Å². The summed E-state index contributed by atoms with van der Waals surface area (Å²) in [6, 6.07) is 15.0. The van der Waals surface area contributed by atoms with Crippen LogP contribution in [-0.4, -0.2) is 30.0 Å². The van der Waals surface area contributed by atoms with Crippen molar-refractivity contribution in [1.29, 1.82) is 0 Å². The molecule has 2 heterocycles. The number of allylic oxidation sites excluding steroid dienone is 1. The van der Waals surface area contributed by atoms with Crippen LogP contribution in [0.25, 0.3) is 6.08 Å². The van der Waals surface area contributed by atoms with Crippen LogP contribution < -0.4 is 19.6 Å². The molecule has 35 heavy (non-hydrogen) atoms. The smallest absolute Gasteiger partial charge is 0.338 e. The molecule has 182 valence electrons. The number of hydrogen-bond acceptors (Lipinski definition) is 7. The minimum atomic E-state index is -0.604. The van der Waals surface area contributed by atoms with E-state index >= 15 is 0 Å². The van der Waals surface area contributed by atoms with Gasteiger partial charge in [0, 0.05) is 4.90 Å². The summed E-state index contributed by atoms with van der Waals surface area (Å²) >= 11 is 2.96. The Morgan fingerprint density at radius 1 is 1.14 bits per heavy atom. The summed E-state index contributed by atoms with van der Waals surface area (Å²) in [4.78, 5) is 32.9. The van der Waals surface area contributed by atoms with Gasteiger partial charge in [-0.05, 0) is 68.0 Å². The monoisotopic (exact) mass is 508 g/mol. The predicted octanol–water partition coefficient (Wildman–Crippen LogP) is 4.31. The van der Waals surface area contributed by atoms with E-state index in [0.717, 1.165) is 28.2 Å². The van der Waals surface area contributed by atoms with E-state index in [9.17, 15) is 9.59 Å². The van der Waals surface area contributed by atoms with Crippen molar-refractivity contribution in [3.05, 3.63) is 90.6 Å². The molecule has 1 atom stereocenters. The van der Waals surface area contributed by atoms with Crippen LogP contribution in [0.5, 0.6) is 5.75 Å². The molecule has 2 aromatic carbocycles. The molecule has 0 fully saturated rings. The van der Waals surface area contributed by atoms with Crippen LogP contribution in [0.4, 0.5) is 0 Å². The number of thiazole rings is 1. The first kappa shape index (κ1) is 25.0. The number of fused-ring (bicyclic) bond motifs is 1. The lowest BCUT2D eigenvalue weighted by Crippen LogP contribution is -2.39. The Kier molecular flexibility index (Phi) is 7.93. The Balaban J connectivity index is 1.83. The Hall–Kier alpha value is -3.10. The Morgan fingerprint density at radius 3 is 2.49 bits per heavy atom. The number of aromatic nitrogens is 1. The molecule has 0 bridgehead atoms. The number of hydrogen-bond donors (Lipinski definition) is 0. The van der Waals surface area contributed by atoms with Crippen LogP contribution >= 0.6 is 23.1 Å². The Labute approximate surface area is 212 Å². The van der Waals surface area contributed by atoms with Gasteiger partial charge in [-0.1, -0.05) is 42.5 Å². The first-order valence-corrected chi connectivity index (χ1v) is 13.6. The fourth-order valence-corrected chi connectivity index (χ4v) is 5.38. The zero-order chi connectivity index (χ0) is 24.9. The van der Waals surface area contributed by atoms with Gasteiger partial charge in [0.15, 0.2) is 4.80 Å². The highest BCUT2D eigenvalue weighted by Crippen LogP contribution is 2.31. The largest absolute Gasteiger partial charge is 0.494 e. The molecule has 0 saturated heterocycles. The quantitative estimate of drug-likeness (QED) is 0.335.